The van der Waals surface area contributed by atoms with Crippen molar-refractivity contribution in [3.8, 4) is 0 Å². The molecule has 2 aromatic carbocycles. The van der Waals surface area contributed by atoms with Crippen LogP contribution in [-0.2, 0) is 52.7 Å². The second-order valence-corrected chi connectivity index (χ2v) is 20.8. The summed E-state index contributed by atoms with van der Waals surface area (Å²) in [5.74, 6) is -2.49. The number of carbonyl (C=O) groups excluding carboxylic acids is 3. The van der Waals surface area contributed by atoms with Crippen molar-refractivity contribution < 1.29 is 47.6 Å². The number of para-hydroxylation sites is 1. The number of hydrogen-bond donors (Lipinski definition) is 3. The summed E-state index contributed by atoms with van der Waals surface area (Å²) in [6.45, 7) is 16.9. The number of aromatic nitrogens is 2. The molecule has 24 heteroatoms. The average Bonchev–Trinajstić information content (AvgIpc) is 3.60. The highest BCUT2D eigenvalue weighted by molar-refractivity contribution is 8.00. The van der Waals surface area contributed by atoms with Gasteiger partial charge in [0.15, 0.2) is 12.2 Å². The Morgan fingerprint density at radius 2 is 1.73 bits per heavy atom. The van der Waals surface area contributed by atoms with Gasteiger partial charge in [-0.3, -0.25) is 33.2 Å². The fourth-order valence-electron chi connectivity index (χ4n) is 5.96. The molecular formula is C43H60Cl4FN6O10PS2. The van der Waals surface area contributed by atoms with Gasteiger partial charge in [0.2, 0.25) is 10.7 Å². The van der Waals surface area contributed by atoms with Gasteiger partial charge in [0, 0.05) is 51.0 Å². The number of nitrogens with two attached hydrogens (primary N) is 1. The number of carboxylic acid groups (broad SMARTS) is 1. The van der Waals surface area contributed by atoms with E-state index < -0.39 is 36.0 Å². The highest BCUT2D eigenvalue weighted by atomic mass is 35.5. The van der Waals surface area contributed by atoms with Crippen LogP contribution in [0.4, 0.5) is 15.8 Å². The van der Waals surface area contributed by atoms with Gasteiger partial charge in [0.1, 0.15) is 23.4 Å². The Hall–Kier alpha value is -3.49. The van der Waals surface area contributed by atoms with Gasteiger partial charge < -0.3 is 35.0 Å². The summed E-state index contributed by atoms with van der Waals surface area (Å²) in [5, 5.41) is 8.48. The predicted molar refractivity (Wildman–Crippen MR) is 269 cm³/mol. The van der Waals surface area contributed by atoms with Crippen LogP contribution in [0.3, 0.4) is 0 Å². The molecule has 0 radical (unpaired) electrons. The minimum Gasteiger partial charge on any atom is -0.480 e. The van der Waals surface area contributed by atoms with Crippen molar-refractivity contribution >= 4 is 112 Å². The van der Waals surface area contributed by atoms with Crippen LogP contribution < -0.4 is 20.3 Å². The lowest BCUT2D eigenvalue weighted by Crippen LogP contribution is -2.43. The molecule has 0 spiro atoms. The number of aliphatic carboxylic acids is 1. The van der Waals surface area contributed by atoms with E-state index >= 15 is 0 Å². The quantitative estimate of drug-likeness (QED) is 0.0347. The minimum atomic E-state index is -3.10. The lowest BCUT2D eigenvalue weighted by atomic mass is 10.0. The van der Waals surface area contributed by atoms with Crippen LogP contribution in [0.2, 0.25) is 5.02 Å². The van der Waals surface area contributed by atoms with Crippen LogP contribution in [0.1, 0.15) is 44.2 Å². The standard InChI is InChI=1S/C15H15ClFN3O3S2.C15H22ClNO2.C8H11Cl2NO.C5H12NO4P/c1-23-13(21)8-24-12-7-11(10(17)6-9(12)16)18-14-19-4-2-3-5-20(19)15(22)25-14;1-5-13-8-6-7-11(2)15(13)17(14(18)9-16)12(3)10-19-4;1-3-5-11(6-4-2)8(12)7(9)10;1-11(9,10)3-2-4(6)5(7)8/h6-7H,2-5,8H2,1H3;6-8,12H,5,9-10H2,1-4H3;3-4,7H,1-2,5-6H2;4H,2-3,6H2,1H3,(H,7,8)(H,9,10)/b18-14-;;;. The Balaban J connectivity index is 0.000000475. The molecule has 2 heterocycles. The average molecular weight is 1080 g/mol. The van der Waals surface area contributed by atoms with Gasteiger partial charge in [-0.2, -0.15) is 0 Å². The Morgan fingerprint density at radius 3 is 2.24 bits per heavy atom. The van der Waals surface area contributed by atoms with Crippen molar-refractivity contribution in [3.05, 3.63) is 92.1 Å². The van der Waals surface area contributed by atoms with Crippen LogP contribution >= 0.6 is 76.9 Å². The summed E-state index contributed by atoms with van der Waals surface area (Å²) in [6.07, 6.45) is 5.99. The fraction of sp³-hybridized carbons (Fsp3) is 0.488. The molecular weight excluding hydrogens is 1020 g/mol. The highest BCUT2D eigenvalue weighted by Gasteiger charge is 2.25. The lowest BCUT2D eigenvalue weighted by Gasteiger charge is -2.31. The third kappa shape index (κ3) is 21.4. The first-order valence-corrected chi connectivity index (χ1v) is 26.5. The molecule has 3 atom stereocenters. The van der Waals surface area contributed by atoms with Crippen molar-refractivity contribution in [2.24, 2.45) is 10.7 Å². The number of carbonyl (C=O) groups is 4. The van der Waals surface area contributed by atoms with Gasteiger partial charge in [0.05, 0.1) is 36.2 Å². The van der Waals surface area contributed by atoms with E-state index in [1.54, 1.807) is 33.5 Å². The van der Waals surface area contributed by atoms with Crippen LogP contribution in [0.15, 0.2) is 70.3 Å². The molecule has 0 saturated carbocycles. The number of fused-ring (bicyclic) bond motifs is 1. The zero-order valence-electron chi connectivity index (χ0n) is 38.3. The first kappa shape index (κ1) is 61.5. The van der Waals surface area contributed by atoms with Crippen molar-refractivity contribution in [2.75, 3.05) is 63.3 Å². The molecule has 2 amide bonds. The zero-order valence-corrected chi connectivity index (χ0v) is 43.9. The van der Waals surface area contributed by atoms with Gasteiger partial charge >= 0.3 is 16.8 Å². The SMILES string of the molecule is C=CCN(CC=C)C(=O)C(Cl)Cl.CCc1cccc(C)c1N(C(=O)CCl)C(C)COC.COC(=O)CSc1cc(/N=c2\sc(=O)n3n2CCCC3)c(F)cc1Cl.CP(=O)(O)CCC(N)C(=O)O. The topological polar surface area (TPSA) is 216 Å². The van der Waals surface area contributed by atoms with E-state index in [9.17, 15) is 32.9 Å². The summed E-state index contributed by atoms with van der Waals surface area (Å²) >= 11 is 24.7. The van der Waals surface area contributed by atoms with Gasteiger partial charge in [-0.25, -0.2) is 14.1 Å². The number of nitrogens with zero attached hydrogens (tertiary/aromatic N) is 5. The van der Waals surface area contributed by atoms with Gasteiger partial charge in [-0.1, -0.05) is 72.1 Å². The summed E-state index contributed by atoms with van der Waals surface area (Å²) < 4.78 is 38.1. The summed E-state index contributed by atoms with van der Waals surface area (Å²) in [5.41, 5.74) is 8.39. The van der Waals surface area contributed by atoms with Gasteiger partial charge in [0.25, 0.3) is 5.91 Å². The number of hydrogen-bond acceptors (Lipinski definition) is 12. The number of carboxylic acids is 1. The second-order valence-electron chi connectivity index (χ2n) is 14.6. The molecule has 0 bridgehead atoms. The summed E-state index contributed by atoms with van der Waals surface area (Å²) in [7, 11) is -0.168. The molecule has 1 aromatic heterocycles. The molecule has 0 aliphatic carbocycles. The zero-order chi connectivity index (χ0) is 51.0. The minimum absolute atomic E-state index is 0.0223. The maximum Gasteiger partial charge on any atom is 0.325 e. The summed E-state index contributed by atoms with van der Waals surface area (Å²) in [4.78, 5) is 73.0. The first-order chi connectivity index (χ1) is 31.5. The number of benzene rings is 2. The number of aryl methyl sites for hydroxylation is 2. The van der Waals surface area contributed by atoms with Crippen molar-refractivity contribution in [2.45, 2.75) is 81.4 Å². The molecule has 4 rings (SSSR count). The van der Waals surface area contributed by atoms with Crippen LogP contribution in [0.25, 0.3) is 0 Å². The number of methoxy groups -OCH3 is 2. The van der Waals surface area contributed by atoms with E-state index in [4.69, 9.17) is 66.9 Å². The fourth-order valence-corrected chi connectivity index (χ4v) is 9.11. The number of halogens is 5. The molecule has 0 saturated heterocycles. The maximum absolute atomic E-state index is 14.3. The van der Waals surface area contributed by atoms with Crippen molar-refractivity contribution in [1.82, 2.24) is 14.3 Å². The number of amides is 2. The third-order valence-corrected chi connectivity index (χ3v) is 13.2. The van der Waals surface area contributed by atoms with Crippen LogP contribution in [0, 0.1) is 12.7 Å². The van der Waals surface area contributed by atoms with Gasteiger partial charge in [-0.05, 0) is 74.1 Å². The summed E-state index contributed by atoms with van der Waals surface area (Å²) in [6, 6.07) is 7.66. The van der Waals surface area contributed by atoms with E-state index in [2.05, 4.69) is 35.9 Å². The number of anilines is 1. The van der Waals surface area contributed by atoms with Gasteiger partial charge in [-0.15, -0.1) is 36.5 Å². The Labute approximate surface area is 418 Å². The number of ether oxygens (including phenoxy) is 2. The molecule has 67 heavy (non-hydrogen) atoms. The molecule has 0 fully saturated rings. The molecule has 16 nitrogen and oxygen atoms in total. The second kappa shape index (κ2) is 31.6. The molecule has 1 aliphatic heterocycles. The van der Waals surface area contributed by atoms with Crippen molar-refractivity contribution in [3.63, 3.8) is 0 Å². The Bertz CT molecular complexity index is 2300. The monoisotopic (exact) mass is 1070 g/mol. The van der Waals surface area contributed by atoms with Crippen LogP contribution in [-0.4, -0.2) is 123 Å². The first-order valence-electron chi connectivity index (χ1n) is 20.6. The number of alkyl halides is 3. The largest absolute Gasteiger partial charge is 0.480 e. The lowest BCUT2D eigenvalue weighted by molar-refractivity contribution is -0.139. The van der Waals surface area contributed by atoms with E-state index in [0.717, 1.165) is 65.2 Å². The number of esters is 1. The normalized spacial score (nSPS) is 13.7. The van der Waals surface area contributed by atoms with Crippen LogP contribution in [0.5, 0.6) is 0 Å². The Kier molecular flexibility index (Phi) is 29.0. The molecule has 3 unspecified atom stereocenters. The highest BCUT2D eigenvalue weighted by Crippen LogP contribution is 2.36. The predicted octanol–water partition coefficient (Wildman–Crippen LogP) is 7.64. The molecule has 374 valence electrons. The molecule has 4 N–H and O–H groups in total. The number of thioether (sulfide) groups is 1. The molecule has 3 aromatic rings. The smallest absolute Gasteiger partial charge is 0.325 e. The van der Waals surface area contributed by atoms with E-state index in [0.29, 0.717) is 42.5 Å². The molecule has 1 aliphatic rings. The van der Waals surface area contributed by atoms with Crippen molar-refractivity contribution in [1.29, 1.82) is 0 Å². The maximum atomic E-state index is 14.3. The van der Waals surface area contributed by atoms with E-state index in [1.807, 2.05) is 26.0 Å². The Morgan fingerprint density at radius 1 is 1.12 bits per heavy atom. The number of rotatable bonds is 19. The van der Waals surface area contributed by atoms with E-state index in [1.165, 1.54) is 24.7 Å². The van der Waals surface area contributed by atoms with E-state index in [-0.39, 0.29) is 57.7 Å². The third-order valence-electron chi connectivity index (χ3n) is 9.23.